The predicted molar refractivity (Wildman–Crippen MR) is 138 cm³/mol. The van der Waals surface area contributed by atoms with Gasteiger partial charge in [-0.05, 0) is 6.42 Å². The van der Waals surface area contributed by atoms with Gasteiger partial charge >= 0.3 is 0 Å². The van der Waals surface area contributed by atoms with E-state index in [1.54, 1.807) is 7.05 Å². The summed E-state index contributed by atoms with van der Waals surface area (Å²) in [7, 11) is -2.41. The second-order valence-corrected chi connectivity index (χ2v) is 10.8. The Morgan fingerprint density at radius 2 is 0.969 bits per heavy atom. The van der Waals surface area contributed by atoms with E-state index in [-0.39, 0.29) is 42.0 Å². The Morgan fingerprint density at radius 1 is 0.656 bits per heavy atom. The molecule has 1 radical (unpaired) electrons. The maximum atomic E-state index is 11.9. The van der Waals surface area contributed by atoms with Gasteiger partial charge in [-0.3, -0.25) is 9.35 Å². The molecule has 1 amide bonds. The van der Waals surface area contributed by atoms with Crippen LogP contribution in [0.5, 0.6) is 0 Å². The monoisotopic (exact) mass is 484 g/mol. The number of unbranched alkanes of at least 4 members (excludes halogenated alkanes) is 18. The van der Waals surface area contributed by atoms with Crippen molar-refractivity contribution in [2.45, 2.75) is 135 Å². The van der Waals surface area contributed by atoms with Crippen LogP contribution in [0.3, 0.4) is 0 Å². The van der Waals surface area contributed by atoms with Gasteiger partial charge in [-0.2, -0.15) is 8.42 Å². The minimum Gasteiger partial charge on any atom is -0.345 e. The standard InChI is InChI=1S/C25H51NO4S.Na/c1-3-4-5-6-7-8-9-10-11-12-13-14-15-16-17-18-19-20-21-22-25(27)26(2)23-24-31(28,29)30;/h3-24H2,1-2H3,(H,28,29,30);. The number of hydrogen-bond donors (Lipinski definition) is 1. The first-order valence-corrected chi connectivity index (χ1v) is 14.7. The van der Waals surface area contributed by atoms with Crippen LogP contribution in [0.25, 0.3) is 0 Å². The van der Waals surface area contributed by atoms with Gasteiger partial charge in [0.25, 0.3) is 10.1 Å². The van der Waals surface area contributed by atoms with E-state index in [4.69, 9.17) is 4.55 Å². The molecule has 0 aromatic carbocycles. The van der Waals surface area contributed by atoms with Crippen LogP contribution in [0, 0.1) is 0 Å². The van der Waals surface area contributed by atoms with Gasteiger partial charge in [0.2, 0.25) is 5.91 Å². The fraction of sp³-hybridized carbons (Fsp3) is 0.960. The second kappa shape index (κ2) is 24.5. The third kappa shape index (κ3) is 26.6. The molecular formula is C25H51NNaO4S. The molecule has 187 valence electrons. The van der Waals surface area contributed by atoms with Crippen LogP contribution in [0.4, 0.5) is 0 Å². The van der Waals surface area contributed by atoms with E-state index in [1.165, 1.54) is 114 Å². The van der Waals surface area contributed by atoms with E-state index < -0.39 is 15.9 Å². The summed E-state index contributed by atoms with van der Waals surface area (Å²) >= 11 is 0. The Kier molecular flexibility index (Phi) is 26.5. The van der Waals surface area contributed by atoms with E-state index in [9.17, 15) is 13.2 Å². The zero-order chi connectivity index (χ0) is 23.2. The third-order valence-corrected chi connectivity index (χ3v) is 6.80. The van der Waals surface area contributed by atoms with Crippen molar-refractivity contribution >= 4 is 45.6 Å². The van der Waals surface area contributed by atoms with Crippen LogP contribution in [0.15, 0.2) is 0 Å². The average molecular weight is 485 g/mol. The zero-order valence-corrected chi connectivity index (χ0v) is 24.4. The Balaban J connectivity index is 0. The molecule has 0 aliphatic carbocycles. The summed E-state index contributed by atoms with van der Waals surface area (Å²) < 4.78 is 30.2. The van der Waals surface area contributed by atoms with Gasteiger partial charge in [-0.25, -0.2) is 0 Å². The molecule has 5 nitrogen and oxygen atoms in total. The van der Waals surface area contributed by atoms with Crippen LogP contribution in [0.2, 0.25) is 0 Å². The summed E-state index contributed by atoms with van der Waals surface area (Å²) in [6, 6.07) is 0. The molecule has 0 saturated heterocycles. The van der Waals surface area contributed by atoms with E-state index >= 15 is 0 Å². The van der Waals surface area contributed by atoms with E-state index in [1.807, 2.05) is 0 Å². The average Bonchev–Trinajstić information content (AvgIpc) is 2.72. The molecule has 1 N–H and O–H groups in total. The Bertz CT molecular complexity index is 514. The molecule has 0 rings (SSSR count). The molecule has 0 atom stereocenters. The van der Waals surface area contributed by atoms with Crippen molar-refractivity contribution in [1.82, 2.24) is 4.90 Å². The topological polar surface area (TPSA) is 74.7 Å². The third-order valence-electron chi connectivity index (χ3n) is 6.10. The fourth-order valence-electron chi connectivity index (χ4n) is 3.92. The molecule has 0 spiro atoms. The Hall–Kier alpha value is 0.380. The van der Waals surface area contributed by atoms with Gasteiger partial charge in [0, 0.05) is 49.6 Å². The molecule has 32 heavy (non-hydrogen) atoms. The molecule has 7 heteroatoms. The zero-order valence-electron chi connectivity index (χ0n) is 21.6. The predicted octanol–water partition coefficient (Wildman–Crippen LogP) is 6.77. The maximum Gasteiger partial charge on any atom is 0.266 e. The summed E-state index contributed by atoms with van der Waals surface area (Å²) in [5, 5.41) is 0. The van der Waals surface area contributed by atoms with Gasteiger partial charge in [0.1, 0.15) is 0 Å². The van der Waals surface area contributed by atoms with Gasteiger partial charge in [-0.15, -0.1) is 0 Å². The van der Waals surface area contributed by atoms with Gasteiger partial charge in [0.05, 0.1) is 5.75 Å². The minimum absolute atomic E-state index is 0. The largest absolute Gasteiger partial charge is 0.345 e. The Labute approximate surface area is 221 Å². The molecule has 0 heterocycles. The van der Waals surface area contributed by atoms with Crippen molar-refractivity contribution < 1.29 is 17.8 Å². The number of rotatable bonds is 23. The van der Waals surface area contributed by atoms with Crippen LogP contribution in [-0.4, -0.2) is 72.7 Å². The summed E-state index contributed by atoms with van der Waals surface area (Å²) in [6.07, 6.45) is 25.7. The minimum atomic E-state index is -4.00. The summed E-state index contributed by atoms with van der Waals surface area (Å²) in [5.41, 5.74) is 0. The number of carbonyl (C=O) groups is 1. The van der Waals surface area contributed by atoms with Crippen molar-refractivity contribution in [1.29, 1.82) is 0 Å². The van der Waals surface area contributed by atoms with Crippen molar-refractivity contribution in [2.75, 3.05) is 19.3 Å². The van der Waals surface area contributed by atoms with E-state index in [0.717, 1.165) is 12.8 Å². The molecule has 0 aliphatic rings. The second-order valence-electron chi connectivity index (χ2n) is 9.22. The molecule has 0 unspecified atom stereocenters. The van der Waals surface area contributed by atoms with Crippen LogP contribution in [0.1, 0.15) is 135 Å². The van der Waals surface area contributed by atoms with Crippen molar-refractivity contribution in [3.05, 3.63) is 0 Å². The number of hydrogen-bond acceptors (Lipinski definition) is 3. The van der Waals surface area contributed by atoms with Crippen LogP contribution in [-0.2, 0) is 14.9 Å². The van der Waals surface area contributed by atoms with E-state index in [0.29, 0.717) is 6.42 Å². The normalized spacial score (nSPS) is 11.3. The molecule has 0 fully saturated rings. The maximum absolute atomic E-state index is 11.9. The summed E-state index contributed by atoms with van der Waals surface area (Å²) in [4.78, 5) is 13.3. The molecule has 0 aromatic rings. The molecule has 0 aromatic heterocycles. The van der Waals surface area contributed by atoms with Gasteiger partial charge in [-0.1, -0.05) is 122 Å². The number of carbonyl (C=O) groups excluding carboxylic acids is 1. The fourth-order valence-corrected chi connectivity index (χ4v) is 4.43. The van der Waals surface area contributed by atoms with Crippen LogP contribution < -0.4 is 0 Å². The van der Waals surface area contributed by atoms with Crippen molar-refractivity contribution in [3.63, 3.8) is 0 Å². The first kappa shape index (κ1) is 34.5. The number of nitrogens with zero attached hydrogens (tertiary/aromatic N) is 1. The quantitative estimate of drug-likeness (QED) is 0.0986. The number of amides is 1. The first-order valence-electron chi connectivity index (χ1n) is 13.1. The molecular weight excluding hydrogens is 433 g/mol. The van der Waals surface area contributed by atoms with Gasteiger partial charge in [0.15, 0.2) is 0 Å². The first-order chi connectivity index (χ1) is 14.9. The summed E-state index contributed by atoms with van der Waals surface area (Å²) in [6.45, 7) is 2.33. The SMILES string of the molecule is CCCCCCCCCCCCCCCCCCCCCC(=O)N(C)CCS(=O)(=O)O.[Na]. The molecule has 0 aliphatic heterocycles. The van der Waals surface area contributed by atoms with Crippen LogP contribution >= 0.6 is 0 Å². The molecule has 0 bridgehead atoms. The molecule has 0 saturated carbocycles. The van der Waals surface area contributed by atoms with Crippen molar-refractivity contribution in [2.24, 2.45) is 0 Å². The summed E-state index contributed by atoms with van der Waals surface area (Å²) in [5.74, 6) is -0.440. The van der Waals surface area contributed by atoms with Gasteiger partial charge < -0.3 is 4.90 Å². The van der Waals surface area contributed by atoms with Crippen molar-refractivity contribution in [3.8, 4) is 0 Å². The Morgan fingerprint density at radius 3 is 1.28 bits per heavy atom. The smallest absolute Gasteiger partial charge is 0.266 e. The van der Waals surface area contributed by atoms with E-state index in [2.05, 4.69) is 6.92 Å².